The van der Waals surface area contributed by atoms with Gasteiger partial charge in [-0.1, -0.05) is 19.8 Å². The maximum absolute atomic E-state index is 11.4. The highest BCUT2D eigenvalue weighted by Crippen LogP contribution is 2.16. The molecule has 0 fully saturated rings. The van der Waals surface area contributed by atoms with Gasteiger partial charge >= 0.3 is 0 Å². The van der Waals surface area contributed by atoms with E-state index >= 15 is 0 Å². The molecule has 3 N–H and O–H groups in total. The Labute approximate surface area is 98.9 Å². The van der Waals surface area contributed by atoms with Crippen molar-refractivity contribution in [2.24, 2.45) is 11.7 Å². The fraction of sp³-hybridized carbons (Fsp3) is 0.917. The third-order valence-electron chi connectivity index (χ3n) is 2.68. The fourth-order valence-corrected chi connectivity index (χ4v) is 1.79. The molecule has 0 heterocycles. The molecule has 0 aromatic carbocycles. The highest BCUT2D eigenvalue weighted by Gasteiger charge is 2.09. The summed E-state index contributed by atoms with van der Waals surface area (Å²) in [7, 11) is 1.63. The van der Waals surface area contributed by atoms with Crippen molar-refractivity contribution in [1.29, 1.82) is 0 Å². The number of hydrogen-bond donors (Lipinski definition) is 2. The zero-order valence-electron chi connectivity index (χ0n) is 10.6. The van der Waals surface area contributed by atoms with Crippen LogP contribution in [0.4, 0.5) is 0 Å². The SMILES string of the molecule is CCCC(CCN)CCC(=O)NCCOC. The lowest BCUT2D eigenvalue weighted by Crippen LogP contribution is -2.27. The Morgan fingerprint density at radius 1 is 1.38 bits per heavy atom. The molecule has 16 heavy (non-hydrogen) atoms. The third kappa shape index (κ3) is 8.68. The lowest BCUT2D eigenvalue weighted by Gasteiger charge is -2.14. The molecule has 0 aliphatic carbocycles. The second-order valence-corrected chi connectivity index (χ2v) is 4.11. The maximum Gasteiger partial charge on any atom is 0.220 e. The second-order valence-electron chi connectivity index (χ2n) is 4.11. The fourth-order valence-electron chi connectivity index (χ4n) is 1.79. The van der Waals surface area contributed by atoms with Crippen LogP contribution in [0.25, 0.3) is 0 Å². The van der Waals surface area contributed by atoms with E-state index in [2.05, 4.69) is 12.2 Å². The molecule has 0 aromatic heterocycles. The van der Waals surface area contributed by atoms with Crippen molar-refractivity contribution in [2.75, 3.05) is 26.8 Å². The molecule has 4 heteroatoms. The van der Waals surface area contributed by atoms with E-state index in [-0.39, 0.29) is 5.91 Å². The van der Waals surface area contributed by atoms with Crippen LogP contribution in [0.15, 0.2) is 0 Å². The molecule has 0 bridgehead atoms. The Hall–Kier alpha value is -0.610. The monoisotopic (exact) mass is 230 g/mol. The van der Waals surface area contributed by atoms with Crippen molar-refractivity contribution < 1.29 is 9.53 Å². The standard InChI is InChI=1S/C12H26N2O2/c1-3-4-11(7-8-13)5-6-12(15)14-9-10-16-2/h11H,3-10,13H2,1-2H3,(H,14,15). The number of carbonyl (C=O) groups excluding carboxylic acids is 1. The van der Waals surface area contributed by atoms with Crippen molar-refractivity contribution in [3.63, 3.8) is 0 Å². The summed E-state index contributed by atoms with van der Waals surface area (Å²) in [5.74, 6) is 0.721. The first-order chi connectivity index (χ1) is 7.74. The minimum Gasteiger partial charge on any atom is -0.383 e. The van der Waals surface area contributed by atoms with Gasteiger partial charge in [0.25, 0.3) is 0 Å². The third-order valence-corrected chi connectivity index (χ3v) is 2.68. The van der Waals surface area contributed by atoms with Gasteiger partial charge in [-0.2, -0.15) is 0 Å². The van der Waals surface area contributed by atoms with Crippen molar-refractivity contribution in [1.82, 2.24) is 5.32 Å². The largest absolute Gasteiger partial charge is 0.383 e. The van der Waals surface area contributed by atoms with Crippen LogP contribution in [0.3, 0.4) is 0 Å². The van der Waals surface area contributed by atoms with E-state index in [0.29, 0.717) is 25.5 Å². The molecule has 1 amide bonds. The van der Waals surface area contributed by atoms with E-state index in [1.165, 1.54) is 6.42 Å². The summed E-state index contributed by atoms with van der Waals surface area (Å²) in [5, 5.41) is 2.83. The van der Waals surface area contributed by atoms with Gasteiger partial charge in [-0.05, 0) is 25.3 Å². The molecule has 96 valence electrons. The van der Waals surface area contributed by atoms with E-state index in [0.717, 1.165) is 25.8 Å². The van der Waals surface area contributed by atoms with Crippen LogP contribution in [0.1, 0.15) is 39.0 Å². The number of nitrogens with two attached hydrogens (primary N) is 1. The van der Waals surface area contributed by atoms with E-state index in [4.69, 9.17) is 10.5 Å². The quantitative estimate of drug-likeness (QED) is 0.556. The molecule has 0 aromatic rings. The maximum atomic E-state index is 11.4. The Kier molecular flexibility index (Phi) is 10.5. The van der Waals surface area contributed by atoms with Crippen LogP contribution in [0.5, 0.6) is 0 Å². The van der Waals surface area contributed by atoms with Gasteiger partial charge in [-0.3, -0.25) is 4.79 Å². The number of ether oxygens (including phenoxy) is 1. The van der Waals surface area contributed by atoms with Gasteiger partial charge in [0, 0.05) is 20.1 Å². The molecule has 0 aliphatic heterocycles. The first-order valence-electron chi connectivity index (χ1n) is 6.20. The second kappa shape index (κ2) is 10.9. The first kappa shape index (κ1) is 15.4. The van der Waals surface area contributed by atoms with Crippen molar-refractivity contribution >= 4 is 5.91 Å². The van der Waals surface area contributed by atoms with Crippen LogP contribution >= 0.6 is 0 Å². The van der Waals surface area contributed by atoms with Gasteiger partial charge < -0.3 is 15.8 Å². The highest BCUT2D eigenvalue weighted by molar-refractivity contribution is 5.75. The molecule has 0 saturated heterocycles. The van der Waals surface area contributed by atoms with E-state index in [1.807, 2.05) is 0 Å². The molecular weight excluding hydrogens is 204 g/mol. The van der Waals surface area contributed by atoms with Crippen molar-refractivity contribution in [3.05, 3.63) is 0 Å². The van der Waals surface area contributed by atoms with Crippen LogP contribution in [-0.2, 0) is 9.53 Å². The summed E-state index contributed by atoms with van der Waals surface area (Å²) in [4.78, 5) is 11.4. The molecule has 0 aliphatic rings. The van der Waals surface area contributed by atoms with Gasteiger partial charge in [-0.25, -0.2) is 0 Å². The van der Waals surface area contributed by atoms with Gasteiger partial charge in [-0.15, -0.1) is 0 Å². The molecule has 0 saturated carbocycles. The Morgan fingerprint density at radius 3 is 2.69 bits per heavy atom. The minimum atomic E-state index is 0.121. The summed E-state index contributed by atoms with van der Waals surface area (Å²) >= 11 is 0. The summed E-state index contributed by atoms with van der Waals surface area (Å²) in [6.45, 7) is 4.07. The average molecular weight is 230 g/mol. The summed E-state index contributed by atoms with van der Waals surface area (Å²) < 4.78 is 4.86. The lowest BCUT2D eigenvalue weighted by atomic mass is 9.94. The number of methoxy groups -OCH3 is 1. The van der Waals surface area contributed by atoms with Crippen molar-refractivity contribution in [3.8, 4) is 0 Å². The van der Waals surface area contributed by atoms with E-state index in [1.54, 1.807) is 7.11 Å². The first-order valence-corrected chi connectivity index (χ1v) is 6.20. The minimum absolute atomic E-state index is 0.121. The van der Waals surface area contributed by atoms with Gasteiger partial charge in [0.1, 0.15) is 0 Å². The van der Waals surface area contributed by atoms with E-state index < -0.39 is 0 Å². The van der Waals surface area contributed by atoms with Crippen molar-refractivity contribution in [2.45, 2.75) is 39.0 Å². The molecule has 4 nitrogen and oxygen atoms in total. The van der Waals surface area contributed by atoms with Crippen LogP contribution in [0.2, 0.25) is 0 Å². The molecule has 0 spiro atoms. The summed E-state index contributed by atoms with van der Waals surface area (Å²) in [5.41, 5.74) is 5.55. The van der Waals surface area contributed by atoms with E-state index in [9.17, 15) is 4.79 Å². The van der Waals surface area contributed by atoms with Gasteiger partial charge in [0.05, 0.1) is 6.61 Å². The predicted molar refractivity (Wildman–Crippen MR) is 66.2 cm³/mol. The van der Waals surface area contributed by atoms with Gasteiger partial charge in [0.15, 0.2) is 0 Å². The summed E-state index contributed by atoms with van der Waals surface area (Å²) in [6.07, 6.45) is 4.91. The van der Waals surface area contributed by atoms with Crippen LogP contribution in [-0.4, -0.2) is 32.7 Å². The number of rotatable bonds is 10. The Bertz CT molecular complexity index is 168. The number of carbonyl (C=O) groups is 1. The van der Waals surface area contributed by atoms with Crippen LogP contribution in [0, 0.1) is 5.92 Å². The highest BCUT2D eigenvalue weighted by atomic mass is 16.5. The zero-order chi connectivity index (χ0) is 12.2. The normalized spacial score (nSPS) is 12.4. The molecule has 1 atom stereocenters. The topological polar surface area (TPSA) is 64.4 Å². The Balaban J connectivity index is 3.60. The smallest absolute Gasteiger partial charge is 0.220 e. The molecule has 0 rings (SSSR count). The van der Waals surface area contributed by atoms with Gasteiger partial charge in [0.2, 0.25) is 5.91 Å². The predicted octanol–water partition coefficient (Wildman–Crippen LogP) is 1.29. The summed E-state index contributed by atoms with van der Waals surface area (Å²) in [6, 6.07) is 0. The molecular formula is C12H26N2O2. The molecule has 0 radical (unpaired) electrons. The number of nitrogens with one attached hydrogen (secondary N) is 1. The van der Waals surface area contributed by atoms with Crippen LogP contribution < -0.4 is 11.1 Å². The molecule has 1 unspecified atom stereocenters. The zero-order valence-corrected chi connectivity index (χ0v) is 10.6. The Morgan fingerprint density at radius 2 is 2.12 bits per heavy atom. The number of amides is 1. The average Bonchev–Trinajstić information content (AvgIpc) is 2.27. The number of hydrogen-bond acceptors (Lipinski definition) is 3. The lowest BCUT2D eigenvalue weighted by molar-refractivity contribution is -0.121.